The van der Waals surface area contributed by atoms with Crippen LogP contribution in [-0.4, -0.2) is 42.2 Å². The fourth-order valence-electron chi connectivity index (χ4n) is 3.18. The zero-order valence-corrected chi connectivity index (χ0v) is 16.8. The number of rotatable bonds is 7. The van der Waals surface area contributed by atoms with Crippen molar-refractivity contribution >= 4 is 32.9 Å². The van der Waals surface area contributed by atoms with Gasteiger partial charge in [0.2, 0.25) is 10.0 Å². The van der Waals surface area contributed by atoms with E-state index in [4.69, 9.17) is 0 Å². The molecule has 9 nitrogen and oxygen atoms in total. The summed E-state index contributed by atoms with van der Waals surface area (Å²) < 4.78 is 26.5. The standard InChI is InChI=1S/C19H20N4O5S/c1-3-22(4-2)29(27,28)13-9-10-16(18(11-13)23(25)26)20-21-17-12-19(24)15-8-6-5-7-14(15)17/h5-11,20H,3-4,12H2,1-2H3. The Kier molecular flexibility index (Phi) is 5.76. The molecule has 0 spiro atoms. The van der Waals surface area contributed by atoms with Gasteiger partial charge in [-0.2, -0.15) is 9.41 Å². The number of anilines is 1. The van der Waals surface area contributed by atoms with Crippen LogP contribution >= 0.6 is 0 Å². The lowest BCUT2D eigenvalue weighted by molar-refractivity contribution is -0.384. The fraction of sp³-hybridized carbons (Fsp3) is 0.263. The van der Waals surface area contributed by atoms with E-state index in [0.717, 1.165) is 6.07 Å². The number of nitro benzene ring substituents is 1. The summed E-state index contributed by atoms with van der Waals surface area (Å²) in [7, 11) is -3.83. The van der Waals surface area contributed by atoms with E-state index in [1.54, 1.807) is 38.1 Å². The molecular weight excluding hydrogens is 396 g/mol. The summed E-state index contributed by atoms with van der Waals surface area (Å²) in [5, 5.41) is 15.7. The Morgan fingerprint density at radius 1 is 1.14 bits per heavy atom. The minimum absolute atomic E-state index is 0.0397. The van der Waals surface area contributed by atoms with Gasteiger partial charge < -0.3 is 0 Å². The van der Waals surface area contributed by atoms with Gasteiger partial charge in [-0.1, -0.05) is 38.1 Å². The average molecular weight is 416 g/mol. The number of ketones is 1. The normalized spacial score (nSPS) is 15.0. The Morgan fingerprint density at radius 2 is 1.79 bits per heavy atom. The number of hydrogen-bond acceptors (Lipinski definition) is 7. The van der Waals surface area contributed by atoms with Crippen LogP contribution in [0.2, 0.25) is 0 Å². The van der Waals surface area contributed by atoms with Crippen LogP contribution in [0.15, 0.2) is 52.5 Å². The Balaban J connectivity index is 1.96. The number of nitrogens with zero attached hydrogens (tertiary/aromatic N) is 3. The number of Topliss-reactive ketones (excluding diaryl/α,β-unsaturated/α-hetero) is 1. The first-order valence-corrected chi connectivity index (χ1v) is 10.5. The van der Waals surface area contributed by atoms with Crippen LogP contribution in [0.3, 0.4) is 0 Å². The number of nitrogens with one attached hydrogen (secondary N) is 1. The molecule has 0 heterocycles. The number of carbonyl (C=O) groups excluding carboxylic acids is 1. The molecule has 0 atom stereocenters. The van der Waals surface area contributed by atoms with Crippen molar-refractivity contribution < 1.29 is 18.1 Å². The van der Waals surface area contributed by atoms with Crippen LogP contribution in [-0.2, 0) is 10.0 Å². The summed E-state index contributed by atoms with van der Waals surface area (Å²) >= 11 is 0. The molecule has 0 saturated carbocycles. The van der Waals surface area contributed by atoms with E-state index in [2.05, 4.69) is 10.5 Å². The number of benzene rings is 2. The summed E-state index contributed by atoms with van der Waals surface area (Å²) in [6.07, 6.45) is 0.0918. The third kappa shape index (κ3) is 3.89. The molecule has 0 aliphatic heterocycles. The largest absolute Gasteiger partial charge is 0.295 e. The molecule has 152 valence electrons. The predicted molar refractivity (Wildman–Crippen MR) is 109 cm³/mol. The van der Waals surface area contributed by atoms with E-state index in [1.807, 2.05) is 0 Å². The monoisotopic (exact) mass is 416 g/mol. The Hall–Kier alpha value is -3.11. The maximum atomic E-state index is 12.6. The highest BCUT2D eigenvalue weighted by Crippen LogP contribution is 2.30. The Morgan fingerprint density at radius 3 is 2.41 bits per heavy atom. The molecule has 1 aliphatic carbocycles. The molecule has 0 unspecified atom stereocenters. The summed E-state index contributed by atoms with van der Waals surface area (Å²) in [6.45, 7) is 3.91. The van der Waals surface area contributed by atoms with Crippen LogP contribution in [0.1, 0.15) is 36.2 Å². The molecule has 2 aromatic rings. The van der Waals surface area contributed by atoms with Crippen molar-refractivity contribution in [1.82, 2.24) is 4.31 Å². The van der Waals surface area contributed by atoms with Gasteiger partial charge in [-0.25, -0.2) is 8.42 Å². The highest BCUT2D eigenvalue weighted by Gasteiger charge is 2.27. The van der Waals surface area contributed by atoms with Crippen molar-refractivity contribution in [2.75, 3.05) is 18.5 Å². The van der Waals surface area contributed by atoms with Crippen LogP contribution in [0, 0.1) is 10.1 Å². The van der Waals surface area contributed by atoms with Crippen LogP contribution < -0.4 is 5.43 Å². The molecule has 1 N–H and O–H groups in total. The number of nitro groups is 1. The fourth-order valence-corrected chi connectivity index (χ4v) is 4.66. The quantitative estimate of drug-likeness (QED) is 0.547. The van der Waals surface area contributed by atoms with Gasteiger partial charge in [0.15, 0.2) is 5.78 Å². The Labute approximate surface area is 168 Å². The van der Waals surface area contributed by atoms with Crippen LogP contribution in [0.4, 0.5) is 11.4 Å². The molecule has 2 aromatic carbocycles. The third-order valence-electron chi connectivity index (χ3n) is 4.69. The average Bonchev–Trinajstić information content (AvgIpc) is 3.03. The number of sulfonamides is 1. The van der Waals surface area contributed by atoms with Crippen molar-refractivity contribution in [3.63, 3.8) is 0 Å². The SMILES string of the molecule is CCN(CC)S(=O)(=O)c1ccc(NN=C2CC(=O)c3ccccc32)c([N+](=O)[O-])c1. The van der Waals surface area contributed by atoms with E-state index in [0.29, 0.717) is 16.8 Å². The minimum Gasteiger partial charge on any atom is -0.294 e. The number of hydrogen-bond donors (Lipinski definition) is 1. The van der Waals surface area contributed by atoms with Crippen molar-refractivity contribution in [3.05, 3.63) is 63.7 Å². The maximum absolute atomic E-state index is 12.6. The van der Waals surface area contributed by atoms with Gasteiger partial charge in [0.25, 0.3) is 5.69 Å². The first kappa shape index (κ1) is 20.6. The molecule has 1 aliphatic rings. The zero-order valence-electron chi connectivity index (χ0n) is 16.0. The van der Waals surface area contributed by atoms with Gasteiger partial charge >= 0.3 is 0 Å². The summed E-state index contributed by atoms with van der Waals surface area (Å²) in [5.41, 5.74) is 3.95. The van der Waals surface area contributed by atoms with Crippen molar-refractivity contribution in [3.8, 4) is 0 Å². The van der Waals surface area contributed by atoms with E-state index < -0.39 is 20.6 Å². The summed E-state index contributed by atoms with van der Waals surface area (Å²) in [6, 6.07) is 10.6. The number of fused-ring (bicyclic) bond motifs is 1. The molecule has 0 bridgehead atoms. The second-order valence-corrected chi connectivity index (χ2v) is 8.28. The maximum Gasteiger partial charge on any atom is 0.295 e. The lowest BCUT2D eigenvalue weighted by Gasteiger charge is -2.18. The van der Waals surface area contributed by atoms with Crippen LogP contribution in [0.5, 0.6) is 0 Å². The second kappa shape index (κ2) is 8.10. The highest BCUT2D eigenvalue weighted by molar-refractivity contribution is 7.89. The van der Waals surface area contributed by atoms with Gasteiger partial charge in [-0.3, -0.25) is 20.3 Å². The smallest absolute Gasteiger partial charge is 0.294 e. The Bertz CT molecular complexity index is 1110. The summed E-state index contributed by atoms with van der Waals surface area (Å²) in [4.78, 5) is 22.7. The van der Waals surface area contributed by atoms with E-state index in [1.165, 1.54) is 16.4 Å². The van der Waals surface area contributed by atoms with Crippen molar-refractivity contribution in [2.45, 2.75) is 25.2 Å². The molecule has 0 aromatic heterocycles. The molecule has 0 fully saturated rings. The van der Waals surface area contributed by atoms with Crippen molar-refractivity contribution in [2.24, 2.45) is 5.10 Å². The van der Waals surface area contributed by atoms with Gasteiger partial charge in [0, 0.05) is 30.3 Å². The molecule has 3 rings (SSSR count). The topological polar surface area (TPSA) is 122 Å². The second-order valence-electron chi connectivity index (χ2n) is 6.34. The van der Waals surface area contributed by atoms with Crippen LogP contribution in [0.25, 0.3) is 0 Å². The molecule has 29 heavy (non-hydrogen) atoms. The number of hydrazone groups is 1. The van der Waals surface area contributed by atoms with E-state index >= 15 is 0 Å². The lowest BCUT2D eigenvalue weighted by Crippen LogP contribution is -2.30. The van der Waals surface area contributed by atoms with Gasteiger partial charge in [0.05, 0.1) is 22.0 Å². The number of carbonyl (C=O) groups is 1. The molecule has 0 amide bonds. The lowest BCUT2D eigenvalue weighted by atomic mass is 10.1. The summed E-state index contributed by atoms with van der Waals surface area (Å²) in [5.74, 6) is -0.0729. The molecule has 0 radical (unpaired) electrons. The van der Waals surface area contributed by atoms with Gasteiger partial charge in [-0.15, -0.1) is 0 Å². The van der Waals surface area contributed by atoms with Crippen molar-refractivity contribution in [1.29, 1.82) is 0 Å². The minimum atomic E-state index is -3.83. The molecule has 0 saturated heterocycles. The molecule has 10 heteroatoms. The first-order valence-electron chi connectivity index (χ1n) is 9.03. The van der Waals surface area contributed by atoms with E-state index in [9.17, 15) is 23.3 Å². The van der Waals surface area contributed by atoms with E-state index in [-0.39, 0.29) is 35.9 Å². The predicted octanol–water partition coefficient (Wildman–Crippen LogP) is 3.03. The highest BCUT2D eigenvalue weighted by atomic mass is 32.2. The van der Waals surface area contributed by atoms with Gasteiger partial charge in [0.1, 0.15) is 5.69 Å². The molecular formula is C19H20N4O5S. The zero-order chi connectivity index (χ0) is 21.2. The van der Waals surface area contributed by atoms with Gasteiger partial charge in [-0.05, 0) is 12.1 Å². The first-order chi connectivity index (χ1) is 13.8. The third-order valence-corrected chi connectivity index (χ3v) is 6.73.